The van der Waals surface area contributed by atoms with Crippen LogP contribution in [-0.4, -0.2) is 29.8 Å². The summed E-state index contributed by atoms with van der Waals surface area (Å²) >= 11 is 4.29. The summed E-state index contributed by atoms with van der Waals surface area (Å²) in [5, 5.41) is 2.22. The van der Waals surface area contributed by atoms with Crippen LogP contribution < -0.4 is 9.47 Å². The molecule has 0 amide bonds. The first-order valence-corrected chi connectivity index (χ1v) is 22.8. The second-order valence-electron chi connectivity index (χ2n) is 16.2. The lowest BCUT2D eigenvalue weighted by Crippen LogP contribution is -2.23. The smallest absolute Gasteiger partial charge is 0.130 e. The molecule has 0 atom stereocenters. The Hall–Kier alpha value is -2.82. The molecule has 1 aliphatic heterocycles. The van der Waals surface area contributed by atoms with Crippen LogP contribution >= 0.6 is 23.5 Å². The van der Waals surface area contributed by atoms with Gasteiger partial charge in [-0.2, -0.15) is 0 Å². The predicted molar refractivity (Wildman–Crippen MR) is 251 cm³/mol. The fraction of sp³-hybridized carbons (Fsp3) is 0.529. The zero-order valence-electron chi connectivity index (χ0n) is 36.6. The van der Waals surface area contributed by atoms with Crippen molar-refractivity contribution >= 4 is 34.3 Å². The van der Waals surface area contributed by atoms with Crippen LogP contribution in [0.25, 0.3) is 10.8 Å². The van der Waals surface area contributed by atoms with E-state index in [4.69, 9.17) is 9.47 Å². The molecule has 1 fully saturated rings. The summed E-state index contributed by atoms with van der Waals surface area (Å²) in [6.07, 6.45) is 32.0. The second kappa shape index (κ2) is 24.7. The lowest BCUT2D eigenvalue weighted by molar-refractivity contribution is 0.404. The molecular weight excluding hydrogens is 709 g/mol. The standard InChI is InChI=1S/C51H74O2S2/c1-38(2)20-14-21-39(3)22-15-23-40(4)24-16-25-41(5)26-17-27-42(6)28-18-29-43(7)36-51(54-34-19-35-55-51)37-44(8)32-33-46-45(9)49(52-10)47-30-12-13-31-48(47)50(46)53-11/h12-13,20,22,24,26,28,30-32,36H,14-19,21,23,25,27,29,33-35,37H2,1-11H3. The molecule has 302 valence electrons. The Morgan fingerprint density at radius 1 is 0.582 bits per heavy atom. The van der Waals surface area contributed by atoms with Crippen LogP contribution in [0.3, 0.4) is 0 Å². The van der Waals surface area contributed by atoms with E-state index in [0.29, 0.717) is 0 Å². The number of methoxy groups -OCH3 is 2. The van der Waals surface area contributed by atoms with Gasteiger partial charge in [0.2, 0.25) is 0 Å². The van der Waals surface area contributed by atoms with Crippen LogP contribution in [0.15, 0.2) is 106 Å². The van der Waals surface area contributed by atoms with E-state index in [0.717, 1.165) is 85.6 Å². The predicted octanol–water partition coefficient (Wildman–Crippen LogP) is 16.2. The molecule has 0 N–H and O–H groups in total. The van der Waals surface area contributed by atoms with E-state index in [1.54, 1.807) is 14.2 Å². The van der Waals surface area contributed by atoms with Crippen molar-refractivity contribution < 1.29 is 9.47 Å². The van der Waals surface area contributed by atoms with E-state index in [1.807, 2.05) is 0 Å². The quantitative estimate of drug-likeness (QED) is 0.111. The molecule has 1 aliphatic rings. The third-order valence-corrected chi connectivity index (χ3v) is 13.9. The van der Waals surface area contributed by atoms with Gasteiger partial charge >= 0.3 is 0 Å². The number of benzene rings is 2. The van der Waals surface area contributed by atoms with Crippen molar-refractivity contribution in [2.75, 3.05) is 25.7 Å². The highest BCUT2D eigenvalue weighted by Gasteiger charge is 2.32. The van der Waals surface area contributed by atoms with Gasteiger partial charge in [0.15, 0.2) is 0 Å². The molecule has 0 bridgehead atoms. The number of hydrogen-bond donors (Lipinski definition) is 0. The van der Waals surface area contributed by atoms with Gasteiger partial charge in [-0.05, 0) is 163 Å². The number of thioether (sulfide) groups is 2. The lowest BCUT2D eigenvalue weighted by Gasteiger charge is -2.34. The maximum absolute atomic E-state index is 6.01. The number of ether oxygens (including phenoxy) is 2. The molecule has 1 saturated heterocycles. The first-order valence-electron chi connectivity index (χ1n) is 20.9. The molecule has 55 heavy (non-hydrogen) atoms. The normalized spacial score (nSPS) is 16.1. The molecule has 1 heterocycles. The van der Waals surface area contributed by atoms with Gasteiger partial charge in [-0.3, -0.25) is 0 Å². The first-order chi connectivity index (χ1) is 26.4. The maximum Gasteiger partial charge on any atom is 0.130 e. The minimum absolute atomic E-state index is 0.110. The summed E-state index contributed by atoms with van der Waals surface area (Å²) in [5.74, 6) is 4.38. The van der Waals surface area contributed by atoms with E-state index >= 15 is 0 Å². The fourth-order valence-corrected chi connectivity index (χ4v) is 11.0. The highest BCUT2D eigenvalue weighted by atomic mass is 32.2. The van der Waals surface area contributed by atoms with Crippen LogP contribution in [0.1, 0.15) is 144 Å². The van der Waals surface area contributed by atoms with Crippen LogP contribution in [0.5, 0.6) is 11.5 Å². The molecule has 3 rings (SSSR count). The molecule has 0 radical (unpaired) electrons. The van der Waals surface area contributed by atoms with Crippen LogP contribution in [0.2, 0.25) is 0 Å². The molecule has 2 nitrogen and oxygen atoms in total. The van der Waals surface area contributed by atoms with Crippen LogP contribution in [-0.2, 0) is 6.42 Å². The Bertz CT molecular complexity index is 1740. The van der Waals surface area contributed by atoms with Gasteiger partial charge in [0.1, 0.15) is 11.5 Å². The van der Waals surface area contributed by atoms with Gasteiger partial charge < -0.3 is 9.47 Å². The third kappa shape index (κ3) is 16.3. The van der Waals surface area contributed by atoms with Crippen LogP contribution in [0.4, 0.5) is 0 Å². The van der Waals surface area contributed by atoms with Crippen molar-refractivity contribution in [3.8, 4) is 11.5 Å². The summed E-state index contributed by atoms with van der Waals surface area (Å²) in [7, 11) is 3.56. The molecule has 0 saturated carbocycles. The van der Waals surface area contributed by atoms with Crippen molar-refractivity contribution in [3.05, 3.63) is 117 Å². The van der Waals surface area contributed by atoms with Crippen LogP contribution in [0, 0.1) is 6.92 Å². The first kappa shape index (κ1) is 46.6. The number of allylic oxidation sites excluding steroid dienone is 13. The molecule has 4 heteroatoms. The Kier molecular flexibility index (Phi) is 20.9. The summed E-state index contributed by atoms with van der Waals surface area (Å²) in [4.78, 5) is 0. The van der Waals surface area contributed by atoms with E-state index < -0.39 is 0 Å². The van der Waals surface area contributed by atoms with E-state index in [2.05, 4.69) is 153 Å². The van der Waals surface area contributed by atoms with Gasteiger partial charge in [0.25, 0.3) is 0 Å². The highest BCUT2D eigenvalue weighted by Crippen LogP contribution is 2.48. The Morgan fingerprint density at radius 3 is 1.47 bits per heavy atom. The van der Waals surface area contributed by atoms with E-state index in [-0.39, 0.29) is 4.08 Å². The summed E-state index contributed by atoms with van der Waals surface area (Å²) in [6.45, 7) is 20.4. The average Bonchev–Trinajstić information content (AvgIpc) is 3.14. The van der Waals surface area contributed by atoms with Gasteiger partial charge in [0.05, 0.1) is 18.3 Å². The minimum atomic E-state index is 0.110. The second-order valence-corrected chi connectivity index (χ2v) is 19.3. The fourth-order valence-electron chi connectivity index (χ4n) is 7.49. The molecule has 0 spiro atoms. The number of hydrogen-bond acceptors (Lipinski definition) is 4. The largest absolute Gasteiger partial charge is 0.496 e. The Morgan fingerprint density at radius 2 is 1.02 bits per heavy atom. The van der Waals surface area contributed by atoms with Crippen molar-refractivity contribution in [2.45, 2.75) is 150 Å². The molecule has 2 aromatic carbocycles. The van der Waals surface area contributed by atoms with Gasteiger partial charge in [-0.25, -0.2) is 0 Å². The van der Waals surface area contributed by atoms with Gasteiger partial charge in [-0.15, -0.1) is 23.5 Å². The zero-order chi connectivity index (χ0) is 40.2. The van der Waals surface area contributed by atoms with E-state index in [1.165, 1.54) is 81.8 Å². The van der Waals surface area contributed by atoms with E-state index in [9.17, 15) is 0 Å². The van der Waals surface area contributed by atoms with Crippen molar-refractivity contribution in [2.24, 2.45) is 0 Å². The topological polar surface area (TPSA) is 18.5 Å². The monoisotopic (exact) mass is 783 g/mol. The Labute approximate surface area is 346 Å². The number of rotatable bonds is 22. The third-order valence-electron chi connectivity index (χ3n) is 10.7. The van der Waals surface area contributed by atoms with Gasteiger partial charge in [-0.1, -0.05) is 106 Å². The maximum atomic E-state index is 6.01. The van der Waals surface area contributed by atoms with Gasteiger partial charge in [0, 0.05) is 16.3 Å². The van der Waals surface area contributed by atoms with Crippen molar-refractivity contribution in [1.29, 1.82) is 0 Å². The SMILES string of the molecule is COc1c(C)c(CC=C(C)CC2(C=C(C)CCC=C(C)CCC=C(C)CCC=C(C)CCC=C(C)CCC=C(C)C)SCCCS2)c(OC)c2ccccc12. The zero-order valence-corrected chi connectivity index (χ0v) is 38.2. The summed E-state index contributed by atoms with van der Waals surface area (Å²) < 4.78 is 12.0. The lowest BCUT2D eigenvalue weighted by atomic mass is 9.95. The molecular formula is C51H74O2S2. The number of fused-ring (bicyclic) bond motifs is 1. The summed E-state index contributed by atoms with van der Waals surface area (Å²) in [6, 6.07) is 8.41. The summed E-state index contributed by atoms with van der Waals surface area (Å²) in [5.41, 5.74) is 12.8. The average molecular weight is 783 g/mol. The molecule has 0 aliphatic carbocycles. The van der Waals surface area contributed by atoms with Crippen molar-refractivity contribution in [3.63, 3.8) is 0 Å². The Balaban J connectivity index is 1.50. The molecule has 0 aromatic heterocycles. The molecule has 2 aromatic rings. The van der Waals surface area contributed by atoms with Crippen molar-refractivity contribution in [1.82, 2.24) is 0 Å². The molecule has 0 unspecified atom stereocenters. The minimum Gasteiger partial charge on any atom is -0.496 e. The highest BCUT2D eigenvalue weighted by molar-refractivity contribution is 8.19.